The van der Waals surface area contributed by atoms with Crippen LogP contribution in [0.5, 0.6) is 0 Å². The summed E-state index contributed by atoms with van der Waals surface area (Å²) in [6.07, 6.45) is 3.41. The Hall–Kier alpha value is -1.95. The fraction of sp³-hybridized carbons (Fsp3) is 0.533. The van der Waals surface area contributed by atoms with Crippen LogP contribution in [0.1, 0.15) is 24.2 Å². The lowest BCUT2D eigenvalue weighted by atomic mass is 10.2. The van der Waals surface area contributed by atoms with Gasteiger partial charge in [-0.05, 0) is 19.0 Å². The summed E-state index contributed by atoms with van der Waals surface area (Å²) in [5.74, 6) is 0.486. The number of hydrogen-bond acceptors (Lipinski definition) is 4. The summed E-state index contributed by atoms with van der Waals surface area (Å²) in [5, 5.41) is 8.29. The van der Waals surface area contributed by atoms with Gasteiger partial charge in [-0.1, -0.05) is 13.8 Å². The summed E-state index contributed by atoms with van der Waals surface area (Å²) < 4.78 is 1.89. The lowest BCUT2D eigenvalue weighted by molar-refractivity contribution is 0.0796. The number of fused-ring (bicyclic) bond motifs is 1. The van der Waals surface area contributed by atoms with E-state index in [0.717, 1.165) is 24.1 Å². The molecule has 0 unspecified atom stereocenters. The van der Waals surface area contributed by atoms with Crippen molar-refractivity contribution in [2.75, 3.05) is 27.2 Å². The molecule has 2 aromatic heterocycles. The molecule has 0 fully saturated rings. The molecule has 21 heavy (non-hydrogen) atoms. The van der Waals surface area contributed by atoms with Crippen LogP contribution in [-0.4, -0.2) is 52.8 Å². The van der Waals surface area contributed by atoms with Crippen LogP contribution >= 0.6 is 0 Å². The topological polar surface area (TPSA) is 63.1 Å². The predicted octanol–water partition coefficient (Wildman–Crippen LogP) is 1.38. The lowest BCUT2D eigenvalue weighted by Crippen LogP contribution is -2.32. The van der Waals surface area contributed by atoms with Crippen molar-refractivity contribution < 1.29 is 4.79 Å². The summed E-state index contributed by atoms with van der Waals surface area (Å²) >= 11 is 0. The number of hydrogen-bond donors (Lipinski definition) is 1. The molecule has 0 aliphatic heterocycles. The van der Waals surface area contributed by atoms with Gasteiger partial charge in [0.2, 0.25) is 0 Å². The molecule has 2 aromatic rings. The lowest BCUT2D eigenvalue weighted by Gasteiger charge is -2.16. The Morgan fingerprint density at radius 2 is 2.19 bits per heavy atom. The van der Waals surface area contributed by atoms with E-state index in [2.05, 4.69) is 29.2 Å². The number of carbonyl (C=O) groups is 1. The first kappa shape index (κ1) is 15.4. The Kier molecular flexibility index (Phi) is 4.90. The number of likely N-dealkylation sites (N-methyl/N-ethyl adjacent to an activating group) is 2. The highest BCUT2D eigenvalue weighted by atomic mass is 16.2. The first-order valence-corrected chi connectivity index (χ1v) is 7.24. The molecule has 0 radical (unpaired) electrons. The molecule has 2 rings (SSSR count). The van der Waals surface area contributed by atoms with Gasteiger partial charge in [0.25, 0.3) is 5.91 Å². The highest BCUT2D eigenvalue weighted by Crippen LogP contribution is 2.15. The summed E-state index contributed by atoms with van der Waals surface area (Å²) in [4.78, 5) is 18.4. The van der Waals surface area contributed by atoms with Gasteiger partial charge in [0.15, 0.2) is 5.65 Å². The normalized spacial score (nSPS) is 11.3. The highest BCUT2D eigenvalue weighted by Gasteiger charge is 2.14. The van der Waals surface area contributed by atoms with Crippen molar-refractivity contribution in [2.24, 2.45) is 5.92 Å². The average molecular weight is 289 g/mol. The molecule has 1 amide bonds. The second-order valence-corrected chi connectivity index (χ2v) is 5.69. The third-order valence-corrected chi connectivity index (χ3v) is 3.30. The number of aromatic nitrogens is 3. The maximum Gasteiger partial charge on any atom is 0.255 e. The van der Waals surface area contributed by atoms with Gasteiger partial charge in [0, 0.05) is 38.3 Å². The number of pyridine rings is 1. The summed E-state index contributed by atoms with van der Waals surface area (Å²) in [5.41, 5.74) is 1.43. The van der Waals surface area contributed by atoms with E-state index in [0.29, 0.717) is 18.0 Å². The van der Waals surface area contributed by atoms with Crippen molar-refractivity contribution >= 4 is 16.9 Å². The van der Waals surface area contributed by atoms with Gasteiger partial charge in [-0.2, -0.15) is 5.10 Å². The summed E-state index contributed by atoms with van der Waals surface area (Å²) in [6, 6.07) is 1.87. The Balaban J connectivity index is 2.21. The van der Waals surface area contributed by atoms with Crippen LogP contribution in [0, 0.1) is 5.92 Å². The predicted molar refractivity (Wildman–Crippen MR) is 83.3 cm³/mol. The minimum absolute atomic E-state index is 0.0174. The van der Waals surface area contributed by atoms with Crippen LogP contribution in [0.2, 0.25) is 0 Å². The molecule has 0 aromatic carbocycles. The van der Waals surface area contributed by atoms with Gasteiger partial charge in [0.1, 0.15) is 0 Å². The van der Waals surface area contributed by atoms with E-state index in [1.54, 1.807) is 24.3 Å². The molecule has 0 saturated carbocycles. The van der Waals surface area contributed by atoms with Crippen molar-refractivity contribution in [3.8, 4) is 0 Å². The number of nitrogens with zero attached hydrogens (tertiary/aromatic N) is 4. The zero-order valence-electron chi connectivity index (χ0n) is 13.1. The van der Waals surface area contributed by atoms with Crippen LogP contribution in [0.25, 0.3) is 11.0 Å². The van der Waals surface area contributed by atoms with Gasteiger partial charge < -0.3 is 10.2 Å². The van der Waals surface area contributed by atoms with E-state index in [4.69, 9.17) is 0 Å². The Morgan fingerprint density at radius 1 is 1.43 bits per heavy atom. The molecular weight excluding hydrogens is 266 g/mol. The fourth-order valence-corrected chi connectivity index (χ4v) is 2.17. The molecule has 0 spiro atoms. The number of nitrogens with one attached hydrogen (secondary N) is 1. The monoisotopic (exact) mass is 289 g/mol. The van der Waals surface area contributed by atoms with Crippen molar-refractivity contribution in [1.29, 1.82) is 0 Å². The SMILES string of the molecule is CNCCN(C)C(=O)c1cnc2c(cnn2CC(C)C)c1. The molecule has 6 nitrogen and oxygen atoms in total. The van der Waals surface area contributed by atoms with E-state index >= 15 is 0 Å². The fourth-order valence-electron chi connectivity index (χ4n) is 2.17. The number of amides is 1. The standard InChI is InChI=1S/C15H23N5O/c1-11(2)10-20-14-12(9-18-20)7-13(8-17-14)15(21)19(4)6-5-16-3/h7-9,11,16H,5-6,10H2,1-4H3. The van der Waals surface area contributed by atoms with Crippen LogP contribution in [-0.2, 0) is 6.54 Å². The van der Waals surface area contributed by atoms with E-state index in [1.807, 2.05) is 17.8 Å². The van der Waals surface area contributed by atoms with Gasteiger partial charge in [-0.25, -0.2) is 9.67 Å². The third-order valence-electron chi connectivity index (χ3n) is 3.30. The Labute approximate surface area is 125 Å². The Morgan fingerprint density at radius 3 is 2.86 bits per heavy atom. The second kappa shape index (κ2) is 6.67. The highest BCUT2D eigenvalue weighted by molar-refractivity contribution is 5.96. The van der Waals surface area contributed by atoms with E-state index in [1.165, 1.54) is 0 Å². The maximum absolute atomic E-state index is 12.3. The quantitative estimate of drug-likeness (QED) is 0.872. The first-order valence-electron chi connectivity index (χ1n) is 7.24. The molecule has 6 heteroatoms. The van der Waals surface area contributed by atoms with Crippen LogP contribution in [0.4, 0.5) is 0 Å². The zero-order valence-corrected chi connectivity index (χ0v) is 13.1. The van der Waals surface area contributed by atoms with Gasteiger partial charge in [-0.15, -0.1) is 0 Å². The van der Waals surface area contributed by atoms with Gasteiger partial charge >= 0.3 is 0 Å². The molecule has 2 heterocycles. The second-order valence-electron chi connectivity index (χ2n) is 5.69. The molecule has 0 bridgehead atoms. The summed E-state index contributed by atoms with van der Waals surface area (Å²) in [7, 11) is 3.67. The zero-order chi connectivity index (χ0) is 15.4. The molecule has 1 N–H and O–H groups in total. The van der Waals surface area contributed by atoms with Crippen LogP contribution in [0.15, 0.2) is 18.5 Å². The van der Waals surface area contributed by atoms with E-state index < -0.39 is 0 Å². The van der Waals surface area contributed by atoms with Crippen LogP contribution < -0.4 is 5.32 Å². The molecule has 0 saturated heterocycles. The number of carbonyl (C=O) groups excluding carboxylic acids is 1. The largest absolute Gasteiger partial charge is 0.340 e. The minimum atomic E-state index is -0.0174. The first-order chi connectivity index (χ1) is 10.0. The summed E-state index contributed by atoms with van der Waals surface area (Å²) in [6.45, 7) is 6.54. The van der Waals surface area contributed by atoms with Gasteiger partial charge in [0.05, 0.1) is 11.8 Å². The number of rotatable bonds is 6. The van der Waals surface area contributed by atoms with Crippen LogP contribution in [0.3, 0.4) is 0 Å². The smallest absolute Gasteiger partial charge is 0.255 e. The Bertz CT molecular complexity index is 620. The molecule has 114 valence electrons. The van der Waals surface area contributed by atoms with Crippen molar-refractivity contribution in [3.05, 3.63) is 24.0 Å². The maximum atomic E-state index is 12.3. The molecule has 0 aliphatic carbocycles. The van der Waals surface area contributed by atoms with E-state index in [-0.39, 0.29) is 5.91 Å². The van der Waals surface area contributed by atoms with Crippen molar-refractivity contribution in [1.82, 2.24) is 25.0 Å². The van der Waals surface area contributed by atoms with Crippen molar-refractivity contribution in [3.63, 3.8) is 0 Å². The average Bonchev–Trinajstić information content (AvgIpc) is 2.85. The van der Waals surface area contributed by atoms with E-state index in [9.17, 15) is 4.79 Å². The molecular formula is C15H23N5O. The minimum Gasteiger partial charge on any atom is -0.340 e. The van der Waals surface area contributed by atoms with Gasteiger partial charge in [-0.3, -0.25) is 4.79 Å². The molecule has 0 atom stereocenters. The van der Waals surface area contributed by atoms with Crippen molar-refractivity contribution in [2.45, 2.75) is 20.4 Å². The third kappa shape index (κ3) is 3.58. The molecule has 0 aliphatic rings.